The zero-order valence-electron chi connectivity index (χ0n) is 15.5. The van der Waals surface area contributed by atoms with E-state index in [0.29, 0.717) is 22.8 Å². The second-order valence-electron chi connectivity index (χ2n) is 5.72. The van der Waals surface area contributed by atoms with Gasteiger partial charge in [0, 0.05) is 6.07 Å². The highest BCUT2D eigenvalue weighted by atomic mass is 32.1. The molecule has 3 rings (SSSR count). The van der Waals surface area contributed by atoms with Crippen molar-refractivity contribution in [3.8, 4) is 11.5 Å². The first-order valence-corrected chi connectivity index (χ1v) is 9.02. The lowest BCUT2D eigenvalue weighted by Gasteiger charge is -2.12. The van der Waals surface area contributed by atoms with Crippen LogP contribution in [0.5, 0.6) is 11.5 Å². The summed E-state index contributed by atoms with van der Waals surface area (Å²) in [6.07, 6.45) is 0. The number of benzene rings is 2. The van der Waals surface area contributed by atoms with Gasteiger partial charge < -0.3 is 19.5 Å². The van der Waals surface area contributed by atoms with Crippen molar-refractivity contribution in [1.29, 1.82) is 0 Å². The van der Waals surface area contributed by atoms with Crippen molar-refractivity contribution in [3.05, 3.63) is 46.0 Å². The summed E-state index contributed by atoms with van der Waals surface area (Å²) < 4.78 is 46.9. The van der Waals surface area contributed by atoms with E-state index in [1.165, 1.54) is 0 Å². The van der Waals surface area contributed by atoms with E-state index in [-0.39, 0.29) is 5.75 Å². The van der Waals surface area contributed by atoms with E-state index in [9.17, 15) is 28.5 Å². The number of anilines is 1. The maximum absolute atomic E-state index is 12.5. The Hall–Kier alpha value is -3.94. The van der Waals surface area contributed by atoms with Crippen molar-refractivity contribution in [3.63, 3.8) is 0 Å². The Balaban J connectivity index is 1.75. The fourth-order valence-corrected chi connectivity index (χ4v) is 3.06. The van der Waals surface area contributed by atoms with Crippen LogP contribution in [0.3, 0.4) is 0 Å². The van der Waals surface area contributed by atoms with Crippen molar-refractivity contribution in [2.45, 2.75) is 6.61 Å². The number of alkyl halides is 2. The normalized spacial score (nSPS) is 10.7. The number of amides is 1. The van der Waals surface area contributed by atoms with Crippen LogP contribution in [0.4, 0.5) is 20.2 Å². The lowest BCUT2D eigenvalue weighted by atomic mass is 10.1. The van der Waals surface area contributed by atoms with Crippen molar-refractivity contribution < 1.29 is 37.5 Å². The number of nitrogens with one attached hydrogen (secondary N) is 1. The van der Waals surface area contributed by atoms with Gasteiger partial charge in [-0.2, -0.15) is 17.5 Å². The number of fused-ring (bicyclic) bond motifs is 1. The number of nitrogens with zero attached hydrogens (tertiary/aromatic N) is 3. The summed E-state index contributed by atoms with van der Waals surface area (Å²) >= 11 is 0.953. The first kappa shape index (κ1) is 21.8. The number of nitro groups is 1. The van der Waals surface area contributed by atoms with E-state index < -0.39 is 47.0 Å². The first-order valence-electron chi connectivity index (χ1n) is 8.29. The lowest BCUT2D eigenvalue weighted by molar-refractivity contribution is -0.385. The third kappa shape index (κ3) is 4.98. The smallest absolute Gasteiger partial charge is 0.387 e. The quantitative estimate of drug-likeness (QED) is 0.309. The van der Waals surface area contributed by atoms with Crippen molar-refractivity contribution in [2.24, 2.45) is 0 Å². The molecule has 2 aromatic carbocycles. The predicted molar refractivity (Wildman–Crippen MR) is 103 cm³/mol. The molecular weight excluding hydrogens is 442 g/mol. The number of halogens is 2. The Morgan fingerprint density at radius 1 is 1.26 bits per heavy atom. The van der Waals surface area contributed by atoms with Gasteiger partial charge in [-0.1, -0.05) is 6.07 Å². The van der Waals surface area contributed by atoms with Crippen molar-refractivity contribution in [2.75, 3.05) is 19.0 Å². The van der Waals surface area contributed by atoms with Gasteiger partial charge in [-0.25, -0.2) is 4.79 Å². The fourth-order valence-electron chi connectivity index (χ4n) is 2.51. The van der Waals surface area contributed by atoms with E-state index >= 15 is 0 Å². The molecule has 0 unspecified atom stereocenters. The van der Waals surface area contributed by atoms with Gasteiger partial charge >= 0.3 is 12.6 Å². The minimum atomic E-state index is -3.27. The second-order valence-corrected chi connectivity index (χ2v) is 6.25. The molecule has 1 heterocycles. The Morgan fingerprint density at radius 3 is 2.71 bits per heavy atom. The Kier molecular flexibility index (Phi) is 6.49. The van der Waals surface area contributed by atoms with Gasteiger partial charge in [-0.05, 0) is 12.1 Å². The number of carbonyl (C=O) groups is 2. The highest BCUT2D eigenvalue weighted by Crippen LogP contribution is 2.36. The molecule has 162 valence electrons. The Labute approximate surface area is 176 Å². The van der Waals surface area contributed by atoms with Gasteiger partial charge in [0.15, 0.2) is 18.1 Å². The summed E-state index contributed by atoms with van der Waals surface area (Å²) in [5, 5.41) is 13.8. The Bertz CT molecular complexity index is 1150. The summed E-state index contributed by atoms with van der Waals surface area (Å²) in [7, 11) is 1.09. The molecule has 0 atom stereocenters. The topological polar surface area (TPSA) is 143 Å². The molecule has 0 radical (unpaired) electrons. The molecule has 0 aliphatic heterocycles. The minimum absolute atomic E-state index is 0.341. The van der Waals surface area contributed by atoms with Crippen LogP contribution in [0.2, 0.25) is 0 Å². The molecule has 0 aliphatic carbocycles. The first-order chi connectivity index (χ1) is 14.8. The SMILES string of the molecule is COc1cc(C(=O)OCC(=O)Nc2cccc3nsnc23)c([N+](=O)[O-])cc1OC(F)F. The third-order valence-electron chi connectivity index (χ3n) is 3.81. The van der Waals surface area contributed by atoms with Crippen molar-refractivity contribution in [1.82, 2.24) is 8.75 Å². The highest BCUT2D eigenvalue weighted by molar-refractivity contribution is 7.00. The fraction of sp³-hybridized carbons (Fsp3) is 0.176. The Morgan fingerprint density at radius 2 is 2.03 bits per heavy atom. The van der Waals surface area contributed by atoms with Gasteiger partial charge in [0.1, 0.15) is 16.6 Å². The summed E-state index contributed by atoms with van der Waals surface area (Å²) in [6, 6.07) is 6.34. The molecule has 0 saturated carbocycles. The molecule has 31 heavy (non-hydrogen) atoms. The standard InChI is InChI=1S/C17H12F2N4O7S/c1-28-12-5-8(11(23(26)27)6-13(12)30-17(18)19)16(25)29-7-14(24)20-9-3-2-4-10-15(9)22-31-21-10/h2-6,17H,7H2,1H3,(H,20,24). The van der Waals surface area contributed by atoms with Crippen LogP contribution in [0.25, 0.3) is 11.0 Å². The maximum atomic E-state index is 12.5. The molecule has 0 spiro atoms. The summed E-state index contributed by atoms with van der Waals surface area (Å²) in [4.78, 5) is 34.7. The molecule has 0 aliphatic rings. The molecule has 0 fully saturated rings. The van der Waals surface area contributed by atoms with Crippen LogP contribution < -0.4 is 14.8 Å². The number of esters is 1. The van der Waals surface area contributed by atoms with Crippen LogP contribution in [0, 0.1) is 10.1 Å². The molecule has 0 bridgehead atoms. The van der Waals surface area contributed by atoms with Gasteiger partial charge in [0.2, 0.25) is 0 Å². The van der Waals surface area contributed by atoms with Crippen LogP contribution in [0.1, 0.15) is 10.4 Å². The van der Waals surface area contributed by atoms with E-state index in [4.69, 9.17) is 9.47 Å². The number of methoxy groups -OCH3 is 1. The van der Waals surface area contributed by atoms with Crippen molar-refractivity contribution >= 4 is 46.0 Å². The number of ether oxygens (including phenoxy) is 3. The number of aromatic nitrogens is 2. The predicted octanol–water partition coefficient (Wildman–Crippen LogP) is 3.01. The van der Waals surface area contributed by atoms with Crippen LogP contribution in [-0.2, 0) is 9.53 Å². The molecule has 0 saturated heterocycles. The zero-order chi connectivity index (χ0) is 22.5. The summed E-state index contributed by atoms with van der Waals surface area (Å²) in [5.74, 6) is -2.97. The average Bonchev–Trinajstić information content (AvgIpc) is 3.21. The largest absolute Gasteiger partial charge is 0.493 e. The van der Waals surface area contributed by atoms with Crippen LogP contribution >= 0.6 is 11.7 Å². The summed E-state index contributed by atoms with van der Waals surface area (Å²) in [5.41, 5.74) is -0.119. The number of hydrogen-bond donors (Lipinski definition) is 1. The van der Waals surface area contributed by atoms with Crippen LogP contribution in [0.15, 0.2) is 30.3 Å². The maximum Gasteiger partial charge on any atom is 0.387 e. The second kappa shape index (κ2) is 9.25. The molecule has 3 aromatic rings. The number of rotatable bonds is 8. The van der Waals surface area contributed by atoms with Gasteiger partial charge in [0.25, 0.3) is 11.6 Å². The lowest BCUT2D eigenvalue weighted by Crippen LogP contribution is -2.21. The number of nitro benzene ring substituents is 1. The summed E-state index contributed by atoms with van der Waals surface area (Å²) in [6.45, 7) is -4.05. The van der Waals surface area contributed by atoms with Gasteiger partial charge in [0.05, 0.1) is 35.5 Å². The molecule has 1 N–H and O–H groups in total. The van der Waals surface area contributed by atoms with E-state index in [2.05, 4.69) is 18.8 Å². The minimum Gasteiger partial charge on any atom is -0.493 e. The number of carbonyl (C=O) groups excluding carboxylic acids is 2. The van der Waals surface area contributed by atoms with Gasteiger partial charge in [-0.3, -0.25) is 14.9 Å². The van der Waals surface area contributed by atoms with Gasteiger partial charge in [-0.15, -0.1) is 0 Å². The van der Waals surface area contributed by atoms with E-state index in [1.54, 1.807) is 18.2 Å². The molecular formula is C17H12F2N4O7S. The van der Waals surface area contributed by atoms with E-state index in [1.807, 2.05) is 0 Å². The average molecular weight is 454 g/mol. The molecule has 14 heteroatoms. The molecule has 1 aromatic heterocycles. The zero-order valence-corrected chi connectivity index (χ0v) is 16.4. The number of hydrogen-bond acceptors (Lipinski definition) is 10. The molecule has 1 amide bonds. The molecule has 11 nitrogen and oxygen atoms in total. The van der Waals surface area contributed by atoms with E-state index in [0.717, 1.165) is 24.9 Å². The third-order valence-corrected chi connectivity index (χ3v) is 4.35. The highest BCUT2D eigenvalue weighted by Gasteiger charge is 2.27. The monoisotopic (exact) mass is 454 g/mol. The van der Waals surface area contributed by atoms with Crippen LogP contribution in [-0.4, -0.2) is 45.9 Å².